The van der Waals surface area contributed by atoms with E-state index >= 15 is 0 Å². The maximum Gasteiger partial charge on any atom is 0.412 e. The number of hydrogen-bond donors (Lipinski definition) is 1. The predicted molar refractivity (Wildman–Crippen MR) is 114 cm³/mol. The minimum atomic E-state index is -0.656. The van der Waals surface area contributed by atoms with Gasteiger partial charge in [-0.25, -0.2) is 9.59 Å². The fourth-order valence-corrected chi connectivity index (χ4v) is 2.63. The average molecular weight is 412 g/mol. The average Bonchev–Trinajstić information content (AvgIpc) is 2.70. The van der Waals surface area contributed by atoms with Crippen molar-refractivity contribution in [2.75, 3.05) is 19.0 Å². The quantitative estimate of drug-likeness (QED) is 0.711. The Kier molecular flexibility index (Phi) is 7.58. The van der Waals surface area contributed by atoms with Crippen molar-refractivity contribution >= 4 is 23.7 Å². The molecule has 0 radical (unpaired) electrons. The van der Waals surface area contributed by atoms with Crippen LogP contribution in [0.15, 0.2) is 54.6 Å². The van der Waals surface area contributed by atoms with Crippen molar-refractivity contribution in [3.63, 3.8) is 0 Å². The van der Waals surface area contributed by atoms with E-state index in [9.17, 15) is 14.4 Å². The zero-order valence-electron chi connectivity index (χ0n) is 18.0. The van der Waals surface area contributed by atoms with Crippen LogP contribution in [-0.2, 0) is 14.3 Å². The number of benzene rings is 2. The molecular formula is C23H28N2O5. The van der Waals surface area contributed by atoms with E-state index in [0.29, 0.717) is 5.69 Å². The van der Waals surface area contributed by atoms with Gasteiger partial charge in [0.2, 0.25) is 0 Å². The largest absolute Gasteiger partial charge is 0.452 e. The maximum atomic E-state index is 12.4. The lowest BCUT2D eigenvalue weighted by Gasteiger charge is -2.25. The first-order chi connectivity index (χ1) is 14.1. The number of carbonyl (C=O) groups excluding carboxylic acids is 3. The molecule has 7 nitrogen and oxygen atoms in total. The lowest BCUT2D eigenvalue weighted by molar-refractivity contribution is -0.135. The van der Waals surface area contributed by atoms with Crippen LogP contribution in [0.4, 0.5) is 10.5 Å². The molecule has 0 aliphatic rings. The van der Waals surface area contributed by atoms with Gasteiger partial charge in [0.15, 0.2) is 6.61 Å². The third kappa shape index (κ3) is 6.92. The zero-order valence-corrected chi connectivity index (χ0v) is 18.0. The van der Waals surface area contributed by atoms with Gasteiger partial charge in [-0.3, -0.25) is 10.1 Å². The maximum absolute atomic E-state index is 12.4. The number of likely N-dealkylation sites (N-methyl/N-ethyl adjacent to an activating group) is 1. The van der Waals surface area contributed by atoms with Crippen LogP contribution in [-0.4, -0.2) is 42.1 Å². The highest BCUT2D eigenvalue weighted by atomic mass is 16.6. The molecule has 1 N–H and O–H groups in total. The first-order valence-corrected chi connectivity index (χ1v) is 9.64. The van der Waals surface area contributed by atoms with Crippen LogP contribution in [0.3, 0.4) is 0 Å². The highest BCUT2D eigenvalue weighted by molar-refractivity contribution is 5.93. The molecule has 0 saturated heterocycles. The van der Waals surface area contributed by atoms with Gasteiger partial charge in [-0.2, -0.15) is 0 Å². The summed E-state index contributed by atoms with van der Waals surface area (Å²) in [6.45, 7) is 6.80. The number of esters is 1. The molecule has 7 heteroatoms. The summed E-state index contributed by atoms with van der Waals surface area (Å²) in [6.07, 6.45) is -0.625. The summed E-state index contributed by atoms with van der Waals surface area (Å²) >= 11 is 0. The molecule has 0 bridgehead atoms. The normalized spacial score (nSPS) is 11.9. The molecule has 2 rings (SSSR count). The van der Waals surface area contributed by atoms with Gasteiger partial charge in [0, 0.05) is 12.7 Å². The number of ether oxygens (including phenoxy) is 2. The van der Waals surface area contributed by atoms with E-state index in [2.05, 4.69) is 5.32 Å². The highest BCUT2D eigenvalue weighted by Crippen LogP contribution is 2.19. The molecule has 0 heterocycles. The molecule has 0 fully saturated rings. The second kappa shape index (κ2) is 9.91. The number of hydrogen-bond acceptors (Lipinski definition) is 5. The molecule has 30 heavy (non-hydrogen) atoms. The van der Waals surface area contributed by atoms with Gasteiger partial charge in [0.25, 0.3) is 5.91 Å². The smallest absolute Gasteiger partial charge is 0.412 e. The monoisotopic (exact) mass is 412 g/mol. The Morgan fingerprint density at radius 2 is 1.70 bits per heavy atom. The van der Waals surface area contributed by atoms with E-state index in [1.807, 2.05) is 37.3 Å². The molecule has 0 aliphatic carbocycles. The van der Waals surface area contributed by atoms with Crippen molar-refractivity contribution in [1.29, 1.82) is 0 Å². The molecule has 2 aromatic rings. The summed E-state index contributed by atoms with van der Waals surface area (Å²) in [7, 11) is 1.67. The second-order valence-corrected chi connectivity index (χ2v) is 7.88. The molecule has 2 amide bonds. The van der Waals surface area contributed by atoms with Crippen molar-refractivity contribution < 1.29 is 23.9 Å². The topological polar surface area (TPSA) is 84.9 Å². The molecular weight excluding hydrogens is 384 g/mol. The minimum absolute atomic E-state index is 0.154. The first kappa shape index (κ1) is 22.9. The number of amides is 2. The molecule has 2 aromatic carbocycles. The molecule has 0 saturated carbocycles. The van der Waals surface area contributed by atoms with Gasteiger partial charge in [0.05, 0.1) is 11.6 Å². The Hall–Kier alpha value is -3.35. The van der Waals surface area contributed by atoms with Gasteiger partial charge in [0.1, 0.15) is 5.60 Å². The summed E-state index contributed by atoms with van der Waals surface area (Å²) in [6, 6.07) is 15.7. The van der Waals surface area contributed by atoms with Crippen molar-refractivity contribution in [3.8, 4) is 0 Å². The van der Waals surface area contributed by atoms with Gasteiger partial charge in [-0.05, 0) is 51.5 Å². The lowest BCUT2D eigenvalue weighted by atomic mass is 10.1. The van der Waals surface area contributed by atoms with E-state index in [1.54, 1.807) is 46.0 Å². The highest BCUT2D eigenvalue weighted by Gasteiger charge is 2.20. The van der Waals surface area contributed by atoms with Crippen LogP contribution < -0.4 is 5.32 Å². The standard InChI is InChI=1S/C23H28N2O5/c1-16(17-10-7-6-8-11-17)25(5)20(26)15-29-21(27)18-12-9-13-19(14-18)24-22(28)30-23(2,3)4/h6-14,16H,15H2,1-5H3,(H,24,28). The number of anilines is 1. The zero-order chi connectivity index (χ0) is 22.3. The van der Waals surface area contributed by atoms with Gasteiger partial charge < -0.3 is 14.4 Å². The van der Waals surface area contributed by atoms with Crippen molar-refractivity contribution in [1.82, 2.24) is 4.90 Å². The number of carbonyl (C=O) groups is 3. The van der Waals surface area contributed by atoms with E-state index in [-0.39, 0.29) is 24.1 Å². The van der Waals surface area contributed by atoms with E-state index in [0.717, 1.165) is 5.56 Å². The van der Waals surface area contributed by atoms with Gasteiger partial charge in [-0.1, -0.05) is 36.4 Å². The van der Waals surface area contributed by atoms with Gasteiger partial charge >= 0.3 is 12.1 Å². The van der Waals surface area contributed by atoms with Crippen LogP contribution in [0.1, 0.15) is 49.7 Å². The number of rotatable bonds is 6. The van der Waals surface area contributed by atoms with E-state index in [1.165, 1.54) is 11.0 Å². The summed E-state index contributed by atoms with van der Waals surface area (Å²) in [4.78, 5) is 38.2. The second-order valence-electron chi connectivity index (χ2n) is 7.88. The van der Waals surface area contributed by atoms with Crippen LogP contribution >= 0.6 is 0 Å². The third-order valence-electron chi connectivity index (χ3n) is 4.33. The van der Waals surface area contributed by atoms with E-state index in [4.69, 9.17) is 9.47 Å². The lowest BCUT2D eigenvalue weighted by Crippen LogP contribution is -2.33. The molecule has 0 aliphatic heterocycles. The molecule has 1 atom stereocenters. The third-order valence-corrected chi connectivity index (χ3v) is 4.33. The summed E-state index contributed by atoms with van der Waals surface area (Å²) in [5.74, 6) is -0.973. The van der Waals surface area contributed by atoms with Crippen molar-refractivity contribution in [2.24, 2.45) is 0 Å². The van der Waals surface area contributed by atoms with E-state index < -0.39 is 17.7 Å². The van der Waals surface area contributed by atoms with Gasteiger partial charge in [-0.15, -0.1) is 0 Å². The Morgan fingerprint density at radius 1 is 1.03 bits per heavy atom. The predicted octanol–water partition coefficient (Wildman–Crippen LogP) is 4.41. The van der Waals surface area contributed by atoms with Crippen molar-refractivity contribution in [2.45, 2.75) is 39.3 Å². The van der Waals surface area contributed by atoms with Crippen LogP contribution in [0.25, 0.3) is 0 Å². The molecule has 1 unspecified atom stereocenters. The number of nitrogens with zero attached hydrogens (tertiary/aromatic N) is 1. The molecule has 160 valence electrons. The van der Waals surface area contributed by atoms with Crippen LogP contribution in [0.2, 0.25) is 0 Å². The molecule has 0 aromatic heterocycles. The SMILES string of the molecule is CC(c1ccccc1)N(C)C(=O)COC(=O)c1cccc(NC(=O)OC(C)(C)C)c1. The van der Waals surface area contributed by atoms with Crippen LogP contribution in [0, 0.1) is 0 Å². The Morgan fingerprint density at radius 3 is 2.33 bits per heavy atom. The Labute approximate surface area is 177 Å². The first-order valence-electron chi connectivity index (χ1n) is 9.64. The Bertz CT molecular complexity index is 890. The molecule has 0 spiro atoms. The Balaban J connectivity index is 1.93. The summed E-state index contributed by atoms with van der Waals surface area (Å²) in [5.41, 5.74) is 0.958. The minimum Gasteiger partial charge on any atom is -0.452 e. The fourth-order valence-electron chi connectivity index (χ4n) is 2.63. The summed E-state index contributed by atoms with van der Waals surface area (Å²) < 4.78 is 10.4. The number of nitrogens with one attached hydrogen (secondary N) is 1. The van der Waals surface area contributed by atoms with Crippen molar-refractivity contribution in [3.05, 3.63) is 65.7 Å². The summed E-state index contributed by atoms with van der Waals surface area (Å²) in [5, 5.41) is 2.57. The van der Waals surface area contributed by atoms with Crippen LogP contribution in [0.5, 0.6) is 0 Å². The fraction of sp³-hybridized carbons (Fsp3) is 0.348.